The van der Waals surface area contributed by atoms with Crippen molar-refractivity contribution in [3.63, 3.8) is 0 Å². The number of amides is 2. The van der Waals surface area contributed by atoms with Crippen LogP contribution in [0.2, 0.25) is 0 Å². The van der Waals surface area contributed by atoms with Gasteiger partial charge in [-0.2, -0.15) is 0 Å². The number of carbonyl (C=O) groups excluding carboxylic acids is 2. The number of aromatic nitrogens is 2. The van der Waals surface area contributed by atoms with Crippen molar-refractivity contribution in [1.29, 1.82) is 0 Å². The van der Waals surface area contributed by atoms with Gasteiger partial charge >= 0.3 is 5.97 Å². The van der Waals surface area contributed by atoms with Crippen LogP contribution in [-0.2, 0) is 37.9 Å². The molecule has 27 heavy (non-hydrogen) atoms. The van der Waals surface area contributed by atoms with Gasteiger partial charge in [0.05, 0.1) is 12.9 Å². The number of unbranched alkanes of at least 4 members (excludes halogenated alkanes) is 1. The molecule has 1 radical (unpaired) electrons. The van der Waals surface area contributed by atoms with E-state index in [2.05, 4.69) is 20.6 Å². The molecular formula is C15H26MnN6O5. The Morgan fingerprint density at radius 2 is 1.85 bits per heavy atom. The summed E-state index contributed by atoms with van der Waals surface area (Å²) in [5, 5.41) is 23.1. The molecule has 1 aromatic rings. The zero-order valence-electron chi connectivity index (χ0n) is 14.7. The molecule has 0 spiro atoms. The number of imidazole rings is 1. The van der Waals surface area contributed by atoms with Crippen molar-refractivity contribution in [2.45, 2.75) is 43.8 Å². The average molecular weight is 425 g/mol. The Hall–Kier alpha value is -1.98. The minimum atomic E-state index is -1.19. The van der Waals surface area contributed by atoms with Crippen molar-refractivity contribution in [2.75, 3.05) is 13.2 Å². The van der Waals surface area contributed by atoms with E-state index >= 15 is 0 Å². The summed E-state index contributed by atoms with van der Waals surface area (Å²) < 4.78 is 0. The van der Waals surface area contributed by atoms with Crippen LogP contribution in [0.3, 0.4) is 0 Å². The molecule has 0 fully saturated rings. The van der Waals surface area contributed by atoms with Crippen molar-refractivity contribution >= 4 is 17.8 Å². The van der Waals surface area contributed by atoms with Crippen molar-refractivity contribution in [2.24, 2.45) is 11.5 Å². The van der Waals surface area contributed by atoms with Gasteiger partial charge in [0.15, 0.2) is 0 Å². The number of carboxylic acid groups (broad SMARTS) is 1. The summed E-state index contributed by atoms with van der Waals surface area (Å²) in [4.78, 5) is 42.4. The third-order valence-electron chi connectivity index (χ3n) is 3.71. The summed E-state index contributed by atoms with van der Waals surface area (Å²) in [6.45, 7) is -0.154. The fourth-order valence-electron chi connectivity index (χ4n) is 2.21. The van der Waals surface area contributed by atoms with Gasteiger partial charge in [0, 0.05) is 35.4 Å². The summed E-state index contributed by atoms with van der Waals surface area (Å²) in [5.74, 6) is -2.56. The monoisotopic (exact) mass is 425 g/mol. The largest absolute Gasteiger partial charge is 0.480 e. The number of nitrogens with one attached hydrogen (secondary N) is 3. The molecule has 0 aromatic carbocycles. The topological polar surface area (TPSA) is 196 Å². The maximum Gasteiger partial charge on any atom is 0.326 e. The molecule has 3 atom stereocenters. The summed E-state index contributed by atoms with van der Waals surface area (Å²) in [7, 11) is 0. The smallest absolute Gasteiger partial charge is 0.326 e. The number of carboxylic acids is 1. The number of aliphatic hydroxyl groups is 1. The van der Waals surface area contributed by atoms with Gasteiger partial charge in [-0.15, -0.1) is 0 Å². The van der Waals surface area contributed by atoms with Gasteiger partial charge in [-0.3, -0.25) is 9.59 Å². The van der Waals surface area contributed by atoms with E-state index in [9.17, 15) is 19.5 Å². The third kappa shape index (κ3) is 8.98. The average Bonchev–Trinajstić information content (AvgIpc) is 3.12. The number of aliphatic hydroxyl groups excluding tert-OH is 1. The fourth-order valence-corrected chi connectivity index (χ4v) is 2.21. The number of rotatable bonds is 12. The van der Waals surface area contributed by atoms with Crippen molar-refractivity contribution in [3.05, 3.63) is 18.2 Å². The molecule has 153 valence electrons. The Kier molecular flexibility index (Phi) is 12.3. The van der Waals surface area contributed by atoms with Gasteiger partial charge < -0.3 is 37.3 Å². The molecule has 9 N–H and O–H groups in total. The van der Waals surface area contributed by atoms with Crippen molar-refractivity contribution in [3.8, 4) is 0 Å². The SMILES string of the molecule is NCCCCC(NC(=O)C(Cc1cnc[nH]1)NC(=O)C(N)CO)C(=O)O.[Mn]. The molecule has 0 aliphatic heterocycles. The van der Waals surface area contributed by atoms with Crippen LogP contribution in [0.25, 0.3) is 0 Å². The van der Waals surface area contributed by atoms with Crippen LogP contribution in [0.15, 0.2) is 12.5 Å². The Morgan fingerprint density at radius 1 is 1.19 bits per heavy atom. The van der Waals surface area contributed by atoms with Gasteiger partial charge in [0.25, 0.3) is 0 Å². The molecule has 0 saturated heterocycles. The van der Waals surface area contributed by atoms with E-state index in [0.717, 1.165) is 0 Å². The zero-order chi connectivity index (χ0) is 19.5. The Balaban J connectivity index is 0.00000676. The fraction of sp³-hybridized carbons (Fsp3) is 0.600. The standard InChI is InChI=1S/C15H26N6O5.Mn/c16-4-2-1-3-11(15(25)26)20-14(24)12(5-9-6-18-8-19-9)21-13(23)10(17)7-22;/h6,8,10-12,22H,1-5,7,16-17H2,(H,18,19)(H,20,24)(H,21,23)(H,25,26);. The number of aromatic amines is 1. The number of aliphatic carboxylic acids is 1. The van der Waals surface area contributed by atoms with E-state index in [-0.39, 0.29) is 29.9 Å². The van der Waals surface area contributed by atoms with Gasteiger partial charge in [0.1, 0.15) is 18.1 Å². The van der Waals surface area contributed by atoms with E-state index in [0.29, 0.717) is 25.1 Å². The van der Waals surface area contributed by atoms with E-state index < -0.39 is 42.5 Å². The number of H-pyrrole nitrogens is 1. The van der Waals surface area contributed by atoms with Crippen LogP contribution in [0.5, 0.6) is 0 Å². The van der Waals surface area contributed by atoms with Crippen molar-refractivity contribution in [1.82, 2.24) is 20.6 Å². The second kappa shape index (κ2) is 13.2. The maximum absolute atomic E-state index is 12.5. The zero-order valence-corrected chi connectivity index (χ0v) is 15.9. The van der Waals surface area contributed by atoms with Gasteiger partial charge in [-0.1, -0.05) is 0 Å². The summed E-state index contributed by atoms with van der Waals surface area (Å²) in [6, 6.07) is -3.36. The molecule has 0 bridgehead atoms. The minimum absolute atomic E-state index is 0. The molecule has 2 amide bonds. The summed E-state index contributed by atoms with van der Waals surface area (Å²) in [5.41, 5.74) is 11.4. The normalized spacial score (nSPS) is 13.7. The van der Waals surface area contributed by atoms with Gasteiger partial charge in [-0.05, 0) is 25.8 Å². The van der Waals surface area contributed by atoms with E-state index in [1.165, 1.54) is 12.5 Å². The molecule has 1 heterocycles. The van der Waals surface area contributed by atoms with Crippen LogP contribution in [0, 0.1) is 0 Å². The second-order valence-corrected chi connectivity index (χ2v) is 5.82. The quantitative estimate of drug-likeness (QED) is 0.140. The van der Waals surface area contributed by atoms with Crippen LogP contribution in [0.1, 0.15) is 25.0 Å². The van der Waals surface area contributed by atoms with Gasteiger partial charge in [-0.25, -0.2) is 9.78 Å². The molecule has 11 nitrogen and oxygen atoms in total. The van der Waals surface area contributed by atoms with Crippen molar-refractivity contribution < 1.29 is 41.7 Å². The Bertz CT molecular complexity index is 585. The second-order valence-electron chi connectivity index (χ2n) is 5.82. The third-order valence-corrected chi connectivity index (χ3v) is 3.71. The Morgan fingerprint density at radius 3 is 2.37 bits per heavy atom. The number of nitrogens with zero attached hydrogens (tertiary/aromatic N) is 1. The maximum atomic E-state index is 12.5. The number of hydrogen-bond acceptors (Lipinski definition) is 7. The number of carbonyl (C=O) groups is 3. The molecule has 12 heteroatoms. The molecule has 3 unspecified atom stereocenters. The van der Waals surface area contributed by atoms with E-state index in [4.69, 9.17) is 16.6 Å². The van der Waals surface area contributed by atoms with Gasteiger partial charge in [0.2, 0.25) is 11.8 Å². The number of nitrogens with two attached hydrogens (primary N) is 2. The minimum Gasteiger partial charge on any atom is -0.480 e. The summed E-state index contributed by atoms with van der Waals surface area (Å²) >= 11 is 0. The first-order valence-electron chi connectivity index (χ1n) is 8.26. The van der Waals surface area contributed by atoms with Crippen LogP contribution in [0.4, 0.5) is 0 Å². The number of hydrogen-bond donors (Lipinski definition) is 7. The molecule has 1 rings (SSSR count). The van der Waals surface area contributed by atoms with E-state index in [1.807, 2.05) is 0 Å². The van der Waals surface area contributed by atoms with Crippen LogP contribution < -0.4 is 22.1 Å². The first-order chi connectivity index (χ1) is 12.4. The molecular weight excluding hydrogens is 399 g/mol. The molecule has 1 aromatic heterocycles. The van der Waals surface area contributed by atoms with Crippen LogP contribution >= 0.6 is 0 Å². The molecule has 0 aliphatic rings. The Labute approximate surface area is 167 Å². The first-order valence-corrected chi connectivity index (χ1v) is 8.26. The van der Waals surface area contributed by atoms with Crippen LogP contribution in [-0.4, -0.2) is 69.2 Å². The van der Waals surface area contributed by atoms with E-state index in [1.54, 1.807) is 0 Å². The molecule has 0 aliphatic carbocycles. The predicted octanol–water partition coefficient (Wildman–Crippen LogP) is -2.55. The first kappa shape index (κ1) is 25.0. The predicted molar refractivity (Wildman–Crippen MR) is 91.8 cm³/mol. The molecule has 0 saturated carbocycles. The summed E-state index contributed by atoms with van der Waals surface area (Å²) in [6.07, 6.45) is 4.36.